The summed E-state index contributed by atoms with van der Waals surface area (Å²) in [4.78, 5) is 37.3. The lowest BCUT2D eigenvalue weighted by Gasteiger charge is -2.56. The van der Waals surface area contributed by atoms with Crippen LogP contribution in [0.4, 0.5) is 0 Å². The van der Waals surface area contributed by atoms with Crippen molar-refractivity contribution >= 4 is 17.7 Å². The summed E-state index contributed by atoms with van der Waals surface area (Å²) in [5, 5.41) is 8.48. The first-order chi connectivity index (χ1) is 16.5. The van der Waals surface area contributed by atoms with Crippen LogP contribution in [0.5, 0.6) is 0 Å². The van der Waals surface area contributed by atoms with Crippen LogP contribution >= 0.6 is 0 Å². The zero-order valence-electron chi connectivity index (χ0n) is 19.5. The smallest absolute Gasteiger partial charge is 0.251 e. The molecule has 0 spiro atoms. The molecule has 1 heterocycles. The van der Waals surface area contributed by atoms with Gasteiger partial charge in [-0.15, -0.1) is 0 Å². The molecule has 4 saturated carbocycles. The third-order valence-corrected chi connectivity index (χ3v) is 7.83. The lowest BCUT2D eigenvalue weighted by molar-refractivity contribution is -0.131. The lowest BCUT2D eigenvalue weighted by Crippen LogP contribution is -2.48. The molecule has 3 N–H and O–H groups in total. The molecule has 4 aliphatic carbocycles. The monoisotopic (exact) mass is 463 g/mol. The Kier molecular flexibility index (Phi) is 6.44. The van der Waals surface area contributed by atoms with Crippen LogP contribution in [-0.2, 0) is 22.7 Å². The molecule has 7 nitrogen and oxygen atoms in total. The number of rotatable bonds is 9. The van der Waals surface area contributed by atoms with Gasteiger partial charge in [-0.3, -0.25) is 14.4 Å². The van der Waals surface area contributed by atoms with Gasteiger partial charge in [-0.2, -0.15) is 0 Å². The van der Waals surface area contributed by atoms with Gasteiger partial charge in [0.2, 0.25) is 11.8 Å². The lowest BCUT2D eigenvalue weighted by atomic mass is 9.49. The highest BCUT2D eigenvalue weighted by molar-refractivity contribution is 5.94. The number of carbonyl (C=O) groups is 3. The van der Waals surface area contributed by atoms with Crippen molar-refractivity contribution in [2.24, 2.45) is 23.2 Å². The molecule has 4 bridgehead atoms. The summed E-state index contributed by atoms with van der Waals surface area (Å²) in [6.07, 6.45) is 9.75. The average Bonchev–Trinajstić information content (AvgIpc) is 3.32. The Labute approximate surface area is 200 Å². The fourth-order valence-corrected chi connectivity index (χ4v) is 6.86. The van der Waals surface area contributed by atoms with Gasteiger partial charge in [-0.25, -0.2) is 0 Å². The minimum atomic E-state index is -0.230. The molecule has 0 radical (unpaired) electrons. The second kappa shape index (κ2) is 9.65. The fraction of sp³-hybridized carbons (Fsp3) is 0.519. The van der Waals surface area contributed by atoms with E-state index >= 15 is 0 Å². The largest absolute Gasteiger partial charge is 0.467 e. The van der Waals surface area contributed by atoms with Crippen LogP contribution in [0.15, 0.2) is 47.1 Å². The average molecular weight is 464 g/mol. The summed E-state index contributed by atoms with van der Waals surface area (Å²) in [5.41, 5.74) is 1.51. The van der Waals surface area contributed by atoms with Gasteiger partial charge in [0.15, 0.2) is 0 Å². The first-order valence-corrected chi connectivity index (χ1v) is 12.4. The van der Waals surface area contributed by atoms with Gasteiger partial charge in [0.05, 0.1) is 19.4 Å². The molecule has 2 aromatic rings. The summed E-state index contributed by atoms with van der Waals surface area (Å²) >= 11 is 0. The van der Waals surface area contributed by atoms with Crippen LogP contribution < -0.4 is 16.0 Å². The van der Waals surface area contributed by atoms with Gasteiger partial charge >= 0.3 is 0 Å². The van der Waals surface area contributed by atoms with Crippen LogP contribution in [0.3, 0.4) is 0 Å². The molecule has 6 rings (SSSR count). The number of amides is 3. The highest BCUT2D eigenvalue weighted by Crippen LogP contribution is 2.61. The highest BCUT2D eigenvalue weighted by Gasteiger charge is 2.51. The van der Waals surface area contributed by atoms with E-state index in [1.54, 1.807) is 36.6 Å². The van der Waals surface area contributed by atoms with E-state index in [1.165, 1.54) is 38.5 Å². The van der Waals surface area contributed by atoms with Crippen molar-refractivity contribution in [1.29, 1.82) is 0 Å². The molecule has 3 amide bonds. The van der Waals surface area contributed by atoms with E-state index in [-0.39, 0.29) is 29.7 Å². The van der Waals surface area contributed by atoms with E-state index in [4.69, 9.17) is 4.42 Å². The predicted molar refractivity (Wildman–Crippen MR) is 126 cm³/mol. The summed E-state index contributed by atoms with van der Waals surface area (Å²) in [5.74, 6) is 2.67. The van der Waals surface area contributed by atoms with Crippen molar-refractivity contribution in [2.75, 3.05) is 6.54 Å². The van der Waals surface area contributed by atoms with Crippen molar-refractivity contribution in [3.05, 3.63) is 59.5 Å². The number of hydrogen-bond acceptors (Lipinski definition) is 4. The molecule has 0 atom stereocenters. The van der Waals surface area contributed by atoms with E-state index in [0.717, 1.165) is 23.3 Å². The first kappa shape index (κ1) is 22.7. The Morgan fingerprint density at radius 2 is 1.59 bits per heavy atom. The van der Waals surface area contributed by atoms with Gasteiger partial charge in [-0.1, -0.05) is 12.1 Å². The quantitative estimate of drug-likeness (QED) is 0.529. The van der Waals surface area contributed by atoms with E-state index < -0.39 is 0 Å². The van der Waals surface area contributed by atoms with Crippen molar-refractivity contribution in [2.45, 2.75) is 58.0 Å². The zero-order chi connectivity index (χ0) is 23.5. The molecule has 7 heteroatoms. The number of carbonyl (C=O) groups excluding carboxylic acids is 3. The Balaban J connectivity index is 1.05. The number of furan rings is 1. The van der Waals surface area contributed by atoms with Crippen molar-refractivity contribution in [3.63, 3.8) is 0 Å². The van der Waals surface area contributed by atoms with E-state index in [1.807, 2.05) is 6.07 Å². The van der Waals surface area contributed by atoms with Crippen LogP contribution in [0.2, 0.25) is 0 Å². The van der Waals surface area contributed by atoms with Gasteiger partial charge < -0.3 is 20.4 Å². The maximum Gasteiger partial charge on any atom is 0.251 e. The molecule has 1 aromatic heterocycles. The van der Waals surface area contributed by atoms with Crippen LogP contribution in [-0.4, -0.2) is 24.3 Å². The van der Waals surface area contributed by atoms with Crippen molar-refractivity contribution in [3.8, 4) is 0 Å². The number of nitrogens with one attached hydrogen (secondary N) is 3. The normalized spacial score (nSPS) is 26.8. The summed E-state index contributed by atoms with van der Waals surface area (Å²) in [6.45, 7) is 0.591. The maximum absolute atomic E-state index is 12.6. The van der Waals surface area contributed by atoms with E-state index in [2.05, 4.69) is 16.0 Å². The van der Waals surface area contributed by atoms with Gasteiger partial charge in [0, 0.05) is 18.5 Å². The van der Waals surface area contributed by atoms with Crippen LogP contribution in [0, 0.1) is 23.2 Å². The van der Waals surface area contributed by atoms with Crippen LogP contribution in [0.25, 0.3) is 0 Å². The number of benzene rings is 1. The second-order valence-electron chi connectivity index (χ2n) is 10.6. The topological polar surface area (TPSA) is 100 Å². The fourth-order valence-electron chi connectivity index (χ4n) is 6.86. The minimum absolute atomic E-state index is 0.00711. The summed E-state index contributed by atoms with van der Waals surface area (Å²) < 4.78 is 5.22. The van der Waals surface area contributed by atoms with E-state index in [9.17, 15) is 14.4 Å². The Hall–Kier alpha value is -3.09. The van der Waals surface area contributed by atoms with Crippen LogP contribution in [0.1, 0.15) is 66.6 Å². The SMILES string of the molecule is O=C(CNC(=O)CC12CC3CC(CC(C3)C1)C2)NCc1cccc(C(=O)NCc2ccco2)c1. The third kappa shape index (κ3) is 5.34. The minimum Gasteiger partial charge on any atom is -0.467 e. The molecule has 0 saturated heterocycles. The second-order valence-corrected chi connectivity index (χ2v) is 10.6. The van der Waals surface area contributed by atoms with Gasteiger partial charge in [-0.05, 0) is 91.5 Å². The molecule has 34 heavy (non-hydrogen) atoms. The standard InChI is InChI=1S/C27H33N3O4/c31-24(14-27-11-19-7-20(12-27)9-21(8-19)13-27)29-17-25(32)28-15-18-3-1-4-22(10-18)26(33)30-16-23-5-2-6-34-23/h1-6,10,19-21H,7-9,11-17H2,(H,28,32)(H,29,31)(H,30,33). The Morgan fingerprint density at radius 1 is 0.853 bits per heavy atom. The molecule has 4 aliphatic rings. The predicted octanol–water partition coefficient (Wildman–Crippen LogP) is 3.55. The van der Waals surface area contributed by atoms with Gasteiger partial charge in [0.1, 0.15) is 5.76 Å². The molecule has 0 aliphatic heterocycles. The number of hydrogen-bond donors (Lipinski definition) is 3. The Morgan fingerprint density at radius 3 is 2.26 bits per heavy atom. The third-order valence-electron chi connectivity index (χ3n) is 7.83. The molecule has 4 fully saturated rings. The molecular weight excluding hydrogens is 430 g/mol. The van der Waals surface area contributed by atoms with Crippen molar-refractivity contribution in [1.82, 2.24) is 16.0 Å². The van der Waals surface area contributed by atoms with E-state index in [0.29, 0.717) is 30.8 Å². The highest BCUT2D eigenvalue weighted by atomic mass is 16.3. The van der Waals surface area contributed by atoms with Crippen molar-refractivity contribution < 1.29 is 18.8 Å². The first-order valence-electron chi connectivity index (χ1n) is 12.4. The Bertz CT molecular complexity index is 1010. The maximum atomic E-state index is 12.6. The zero-order valence-corrected chi connectivity index (χ0v) is 19.5. The molecular formula is C27H33N3O4. The molecule has 180 valence electrons. The molecule has 0 unspecified atom stereocenters. The summed E-state index contributed by atoms with van der Waals surface area (Å²) in [6, 6.07) is 10.7. The van der Waals surface area contributed by atoms with Gasteiger partial charge in [0.25, 0.3) is 5.91 Å². The summed E-state index contributed by atoms with van der Waals surface area (Å²) in [7, 11) is 0. The molecule has 1 aromatic carbocycles.